The molecular formula is C6H6Cl2N2. The van der Waals surface area contributed by atoms with Crippen LogP contribution in [0.5, 0.6) is 0 Å². The zero-order valence-electron chi connectivity index (χ0n) is 5.43. The van der Waals surface area contributed by atoms with Crippen LogP contribution in [0.2, 0.25) is 10.2 Å². The lowest BCUT2D eigenvalue weighted by atomic mass is 10.4. The summed E-state index contributed by atoms with van der Waals surface area (Å²) < 4.78 is 0. The van der Waals surface area contributed by atoms with Gasteiger partial charge >= 0.3 is 0 Å². The van der Waals surface area contributed by atoms with Crippen LogP contribution in [-0.2, 0) is 6.42 Å². The lowest BCUT2D eigenvalue weighted by Crippen LogP contribution is -1.91. The van der Waals surface area contributed by atoms with Crippen LogP contribution in [0.25, 0.3) is 0 Å². The van der Waals surface area contributed by atoms with Crippen LogP contribution >= 0.6 is 23.2 Å². The normalized spacial score (nSPS) is 9.90. The second-order valence-corrected chi connectivity index (χ2v) is 2.54. The van der Waals surface area contributed by atoms with Crippen molar-refractivity contribution in [1.29, 1.82) is 0 Å². The van der Waals surface area contributed by atoms with Gasteiger partial charge in [0.1, 0.15) is 5.82 Å². The Kier molecular flexibility index (Phi) is 2.46. The minimum Gasteiger partial charge on any atom is -0.240 e. The van der Waals surface area contributed by atoms with E-state index in [2.05, 4.69) is 9.97 Å². The predicted octanol–water partition coefficient (Wildman–Crippen LogP) is 2.35. The molecule has 0 aliphatic rings. The highest BCUT2D eigenvalue weighted by Gasteiger charge is 1.99. The Bertz CT molecular complexity index is 237. The molecule has 1 aromatic heterocycles. The average molecular weight is 177 g/mol. The SMILES string of the molecule is CCc1ncc(Cl)c(Cl)n1. The van der Waals surface area contributed by atoms with Crippen LogP contribution in [0.1, 0.15) is 12.7 Å². The van der Waals surface area contributed by atoms with Crippen molar-refractivity contribution >= 4 is 23.2 Å². The molecule has 0 atom stereocenters. The molecule has 1 heterocycles. The van der Waals surface area contributed by atoms with Crippen LogP contribution in [0.4, 0.5) is 0 Å². The van der Waals surface area contributed by atoms with Crippen molar-refractivity contribution in [1.82, 2.24) is 9.97 Å². The minimum atomic E-state index is 0.327. The molecule has 0 aromatic carbocycles. The number of nitrogens with zero attached hydrogens (tertiary/aromatic N) is 2. The van der Waals surface area contributed by atoms with E-state index in [1.165, 1.54) is 6.20 Å². The maximum atomic E-state index is 5.61. The fraction of sp³-hybridized carbons (Fsp3) is 0.333. The Labute approximate surface area is 69.2 Å². The van der Waals surface area contributed by atoms with Gasteiger partial charge in [-0.25, -0.2) is 9.97 Å². The molecule has 0 fully saturated rings. The van der Waals surface area contributed by atoms with Crippen molar-refractivity contribution in [3.8, 4) is 0 Å². The summed E-state index contributed by atoms with van der Waals surface area (Å²) >= 11 is 11.2. The summed E-state index contributed by atoms with van der Waals surface area (Å²) in [4.78, 5) is 7.84. The second-order valence-electron chi connectivity index (χ2n) is 1.78. The lowest BCUT2D eigenvalue weighted by Gasteiger charge is -1.95. The smallest absolute Gasteiger partial charge is 0.151 e. The van der Waals surface area contributed by atoms with E-state index in [0.29, 0.717) is 10.2 Å². The van der Waals surface area contributed by atoms with Gasteiger partial charge in [-0.3, -0.25) is 0 Å². The zero-order chi connectivity index (χ0) is 7.56. The van der Waals surface area contributed by atoms with E-state index in [1.54, 1.807) is 0 Å². The average Bonchev–Trinajstić information content (AvgIpc) is 1.95. The van der Waals surface area contributed by atoms with Gasteiger partial charge in [0.15, 0.2) is 5.15 Å². The van der Waals surface area contributed by atoms with E-state index < -0.39 is 0 Å². The fourth-order valence-corrected chi connectivity index (χ4v) is 0.788. The molecule has 0 radical (unpaired) electrons. The Morgan fingerprint density at radius 2 is 2.20 bits per heavy atom. The lowest BCUT2D eigenvalue weighted by molar-refractivity contribution is 0.940. The summed E-state index contributed by atoms with van der Waals surface area (Å²) in [6.45, 7) is 1.96. The number of halogens is 2. The van der Waals surface area contributed by atoms with Gasteiger partial charge in [0, 0.05) is 6.42 Å². The van der Waals surface area contributed by atoms with Crippen molar-refractivity contribution in [3.63, 3.8) is 0 Å². The second kappa shape index (κ2) is 3.17. The van der Waals surface area contributed by atoms with Crippen LogP contribution in [0, 0.1) is 0 Å². The van der Waals surface area contributed by atoms with Crippen molar-refractivity contribution < 1.29 is 0 Å². The quantitative estimate of drug-likeness (QED) is 0.615. The molecule has 0 saturated heterocycles. The van der Waals surface area contributed by atoms with Crippen LogP contribution < -0.4 is 0 Å². The van der Waals surface area contributed by atoms with Gasteiger partial charge in [-0.05, 0) is 0 Å². The molecule has 0 unspecified atom stereocenters. The van der Waals surface area contributed by atoms with Gasteiger partial charge in [-0.1, -0.05) is 30.1 Å². The van der Waals surface area contributed by atoms with E-state index in [-0.39, 0.29) is 0 Å². The van der Waals surface area contributed by atoms with Crippen molar-refractivity contribution in [2.24, 2.45) is 0 Å². The van der Waals surface area contributed by atoms with E-state index in [4.69, 9.17) is 23.2 Å². The van der Waals surface area contributed by atoms with Crippen LogP contribution in [-0.4, -0.2) is 9.97 Å². The number of rotatable bonds is 1. The first-order valence-corrected chi connectivity index (χ1v) is 3.66. The van der Waals surface area contributed by atoms with Crippen LogP contribution in [0.3, 0.4) is 0 Å². The molecule has 0 aliphatic heterocycles. The molecule has 1 rings (SSSR count). The standard InChI is InChI=1S/C6H6Cl2N2/c1-2-5-9-3-4(7)6(8)10-5/h3H,2H2,1H3. The molecule has 0 saturated carbocycles. The molecule has 4 heteroatoms. The molecule has 2 nitrogen and oxygen atoms in total. The van der Waals surface area contributed by atoms with E-state index >= 15 is 0 Å². The topological polar surface area (TPSA) is 25.8 Å². The molecule has 0 spiro atoms. The van der Waals surface area contributed by atoms with Gasteiger partial charge in [0.25, 0.3) is 0 Å². The monoisotopic (exact) mass is 176 g/mol. The molecule has 0 aliphatic carbocycles. The molecule has 0 N–H and O–H groups in total. The highest BCUT2D eigenvalue weighted by Crippen LogP contribution is 2.16. The van der Waals surface area contributed by atoms with E-state index in [9.17, 15) is 0 Å². The largest absolute Gasteiger partial charge is 0.240 e. The van der Waals surface area contributed by atoms with Crippen LogP contribution in [0.15, 0.2) is 6.20 Å². The Balaban J connectivity index is 3.04. The number of aryl methyl sites for hydroxylation is 1. The molecular weight excluding hydrogens is 171 g/mol. The molecule has 1 aromatic rings. The van der Waals surface area contributed by atoms with Gasteiger partial charge in [0.05, 0.1) is 11.2 Å². The third-order valence-electron chi connectivity index (χ3n) is 1.07. The maximum Gasteiger partial charge on any atom is 0.151 e. The summed E-state index contributed by atoms with van der Waals surface area (Å²) in [7, 11) is 0. The summed E-state index contributed by atoms with van der Waals surface area (Å²) in [6.07, 6.45) is 2.28. The Morgan fingerprint density at radius 1 is 1.50 bits per heavy atom. The zero-order valence-corrected chi connectivity index (χ0v) is 6.95. The number of hydrogen-bond acceptors (Lipinski definition) is 2. The number of hydrogen-bond donors (Lipinski definition) is 0. The highest BCUT2D eigenvalue weighted by molar-refractivity contribution is 6.41. The minimum absolute atomic E-state index is 0.327. The molecule has 10 heavy (non-hydrogen) atoms. The summed E-state index contributed by atoms with van der Waals surface area (Å²) in [5.74, 6) is 0.717. The third-order valence-corrected chi connectivity index (χ3v) is 1.73. The van der Waals surface area contributed by atoms with E-state index in [1.807, 2.05) is 6.92 Å². The number of aromatic nitrogens is 2. The first-order chi connectivity index (χ1) is 4.74. The van der Waals surface area contributed by atoms with E-state index in [0.717, 1.165) is 12.2 Å². The maximum absolute atomic E-state index is 5.61. The molecule has 0 amide bonds. The van der Waals surface area contributed by atoms with Gasteiger partial charge in [-0.15, -0.1) is 0 Å². The van der Waals surface area contributed by atoms with Gasteiger partial charge in [0.2, 0.25) is 0 Å². The summed E-state index contributed by atoms with van der Waals surface area (Å²) in [5.41, 5.74) is 0. The molecule has 54 valence electrons. The first kappa shape index (κ1) is 7.76. The highest BCUT2D eigenvalue weighted by atomic mass is 35.5. The van der Waals surface area contributed by atoms with Crippen molar-refractivity contribution in [2.75, 3.05) is 0 Å². The Morgan fingerprint density at radius 3 is 2.70 bits per heavy atom. The predicted molar refractivity (Wildman–Crippen MR) is 41.4 cm³/mol. The third kappa shape index (κ3) is 1.58. The summed E-state index contributed by atoms with van der Waals surface area (Å²) in [6, 6.07) is 0. The first-order valence-electron chi connectivity index (χ1n) is 2.91. The molecule has 0 bridgehead atoms. The van der Waals surface area contributed by atoms with Gasteiger partial charge in [-0.2, -0.15) is 0 Å². The fourth-order valence-electron chi connectivity index (χ4n) is 0.550. The van der Waals surface area contributed by atoms with Crippen molar-refractivity contribution in [2.45, 2.75) is 13.3 Å². The summed E-state index contributed by atoms with van der Waals surface area (Å²) in [5, 5.41) is 0.729. The van der Waals surface area contributed by atoms with Crippen molar-refractivity contribution in [3.05, 3.63) is 22.2 Å². The van der Waals surface area contributed by atoms with Gasteiger partial charge < -0.3 is 0 Å². The Hall–Kier alpha value is -0.340.